The Morgan fingerprint density at radius 2 is 1.33 bits per heavy atom. The summed E-state index contributed by atoms with van der Waals surface area (Å²) >= 11 is 0. The van der Waals surface area contributed by atoms with Gasteiger partial charge in [0.15, 0.2) is 0 Å². The number of benzene rings is 2. The highest BCUT2D eigenvalue weighted by Gasteiger charge is 2.22. The van der Waals surface area contributed by atoms with E-state index in [0.717, 1.165) is 0 Å². The van der Waals surface area contributed by atoms with Crippen LogP contribution in [0.3, 0.4) is 0 Å². The predicted octanol–water partition coefficient (Wildman–Crippen LogP) is 2.98. The van der Waals surface area contributed by atoms with Gasteiger partial charge in [-0.3, -0.25) is 4.79 Å². The maximum absolute atomic E-state index is 12.5. The van der Waals surface area contributed by atoms with E-state index in [2.05, 4.69) is 31.2 Å². The van der Waals surface area contributed by atoms with Crippen molar-refractivity contribution in [3.63, 3.8) is 0 Å². The molecule has 1 aliphatic heterocycles. The molecule has 1 aromatic heterocycles. The molecule has 0 bridgehead atoms. The molecule has 11 nitrogen and oxygen atoms in total. The maximum atomic E-state index is 12.5. The number of nitrogens with one attached hydrogen (secondary N) is 4. The van der Waals surface area contributed by atoms with Crippen LogP contribution in [-0.4, -0.2) is 65.6 Å². The van der Waals surface area contributed by atoms with Gasteiger partial charge in [0, 0.05) is 68.6 Å². The average molecular weight is 489 g/mol. The van der Waals surface area contributed by atoms with Gasteiger partial charge in [0.1, 0.15) is 0 Å². The highest BCUT2D eigenvalue weighted by atomic mass is 16.2. The fourth-order valence-corrected chi connectivity index (χ4v) is 3.72. The number of nitrogens with zero attached hydrogens (tertiary/aromatic N) is 4. The van der Waals surface area contributed by atoms with Gasteiger partial charge in [0.25, 0.3) is 0 Å². The first kappa shape index (κ1) is 24.5. The van der Waals surface area contributed by atoms with E-state index in [1.807, 2.05) is 23.1 Å². The molecule has 186 valence electrons. The van der Waals surface area contributed by atoms with Gasteiger partial charge in [-0.25, -0.2) is 19.6 Å². The van der Waals surface area contributed by atoms with Gasteiger partial charge < -0.3 is 31.1 Å². The Bertz CT molecular complexity index is 1170. The fraction of sp³-hybridized carbons (Fsp3) is 0.240. The lowest BCUT2D eigenvalue weighted by Gasteiger charge is -2.34. The lowest BCUT2D eigenvalue weighted by atomic mass is 10.2. The summed E-state index contributed by atoms with van der Waals surface area (Å²) in [7, 11) is 0. The predicted molar refractivity (Wildman–Crippen MR) is 138 cm³/mol. The summed E-state index contributed by atoms with van der Waals surface area (Å²) in [6, 6.07) is 16.8. The van der Waals surface area contributed by atoms with E-state index in [4.69, 9.17) is 0 Å². The van der Waals surface area contributed by atoms with Gasteiger partial charge in [-0.15, -0.1) is 0 Å². The molecule has 0 atom stereocenters. The van der Waals surface area contributed by atoms with Gasteiger partial charge in [-0.1, -0.05) is 24.3 Å². The second kappa shape index (κ2) is 12.2. The molecule has 0 radical (unpaired) electrons. The minimum atomic E-state index is -0.431. The number of para-hydroxylation sites is 1. The highest BCUT2D eigenvalue weighted by molar-refractivity contribution is 6.00. The van der Waals surface area contributed by atoms with Crippen molar-refractivity contribution in [1.29, 1.82) is 0 Å². The third-order valence-electron chi connectivity index (χ3n) is 5.50. The Balaban J connectivity index is 1.16. The van der Waals surface area contributed by atoms with Crippen molar-refractivity contribution in [3.05, 3.63) is 73.1 Å². The van der Waals surface area contributed by atoms with Crippen LogP contribution in [-0.2, 0) is 4.79 Å². The van der Waals surface area contributed by atoms with Gasteiger partial charge in [-0.05, 0) is 36.4 Å². The van der Waals surface area contributed by atoms with Crippen LogP contribution in [0.4, 0.5) is 32.6 Å². The lowest BCUT2D eigenvalue weighted by Crippen LogP contribution is -2.49. The molecule has 0 spiro atoms. The average Bonchev–Trinajstić information content (AvgIpc) is 2.90. The molecule has 36 heavy (non-hydrogen) atoms. The first-order valence-electron chi connectivity index (χ1n) is 11.6. The number of anilines is 4. The Morgan fingerprint density at radius 1 is 0.722 bits per heavy atom. The maximum Gasteiger partial charge on any atom is 0.323 e. The van der Waals surface area contributed by atoms with Crippen LogP contribution in [0.5, 0.6) is 0 Å². The number of hydrogen-bond donors (Lipinski definition) is 4. The zero-order valence-corrected chi connectivity index (χ0v) is 19.7. The van der Waals surface area contributed by atoms with Gasteiger partial charge in [-0.2, -0.15) is 0 Å². The monoisotopic (exact) mass is 488 g/mol. The third-order valence-corrected chi connectivity index (χ3v) is 5.50. The van der Waals surface area contributed by atoms with Crippen LogP contribution in [0.25, 0.3) is 0 Å². The summed E-state index contributed by atoms with van der Waals surface area (Å²) in [5.41, 5.74) is 1.71. The molecule has 0 unspecified atom stereocenters. The van der Waals surface area contributed by atoms with Crippen LogP contribution in [0, 0.1) is 0 Å². The summed E-state index contributed by atoms with van der Waals surface area (Å²) in [5.74, 6) is 0.651. The number of amides is 5. The Kier molecular flexibility index (Phi) is 8.26. The highest BCUT2D eigenvalue weighted by Crippen LogP contribution is 2.16. The largest absolute Gasteiger partial charge is 0.339 e. The van der Waals surface area contributed by atoms with E-state index in [1.54, 1.807) is 59.8 Å². The molecule has 4 N–H and O–H groups in total. The van der Waals surface area contributed by atoms with Crippen molar-refractivity contribution < 1.29 is 14.4 Å². The van der Waals surface area contributed by atoms with Gasteiger partial charge >= 0.3 is 12.1 Å². The molecule has 11 heteroatoms. The molecule has 0 aliphatic carbocycles. The van der Waals surface area contributed by atoms with E-state index in [-0.39, 0.29) is 18.9 Å². The van der Waals surface area contributed by atoms with E-state index < -0.39 is 12.1 Å². The molecule has 1 aliphatic rings. The standard InChI is InChI=1S/C25H28N8O3/c34-22(32-14-16-33(17-15-32)23-26-11-5-12-27-23)10-13-28-24(35)30-20-8-4-9-21(18-20)31-25(36)29-19-6-2-1-3-7-19/h1-9,11-12,18H,10,13-17H2,(H2,28,30,35)(H2,29,31,36). The van der Waals surface area contributed by atoms with Crippen molar-refractivity contribution in [2.24, 2.45) is 0 Å². The van der Waals surface area contributed by atoms with E-state index in [9.17, 15) is 14.4 Å². The van der Waals surface area contributed by atoms with Crippen molar-refractivity contribution in [2.75, 3.05) is 53.6 Å². The first-order chi connectivity index (χ1) is 17.6. The molecule has 2 aromatic carbocycles. The number of rotatable bonds is 7. The van der Waals surface area contributed by atoms with Crippen molar-refractivity contribution in [2.45, 2.75) is 6.42 Å². The van der Waals surface area contributed by atoms with Crippen LogP contribution >= 0.6 is 0 Å². The van der Waals surface area contributed by atoms with Gasteiger partial charge in [0.2, 0.25) is 11.9 Å². The Hall–Kier alpha value is -4.67. The van der Waals surface area contributed by atoms with E-state index in [0.29, 0.717) is 49.2 Å². The SMILES string of the molecule is O=C(NCCC(=O)N1CCN(c2ncccn2)CC1)Nc1cccc(NC(=O)Nc2ccccc2)c1. The quantitative estimate of drug-likeness (QED) is 0.404. The lowest BCUT2D eigenvalue weighted by molar-refractivity contribution is -0.131. The molecule has 0 saturated carbocycles. The Morgan fingerprint density at radius 3 is 2.03 bits per heavy atom. The van der Waals surface area contributed by atoms with Crippen LogP contribution in [0.15, 0.2) is 73.1 Å². The number of urea groups is 2. The topological polar surface area (TPSA) is 132 Å². The van der Waals surface area contributed by atoms with E-state index in [1.165, 1.54) is 0 Å². The summed E-state index contributed by atoms with van der Waals surface area (Å²) < 4.78 is 0. The smallest absolute Gasteiger partial charge is 0.323 e. The Labute approximate surface area is 208 Å². The molecular formula is C25H28N8O3. The molecule has 5 amide bonds. The second-order valence-electron chi connectivity index (χ2n) is 8.07. The second-order valence-corrected chi connectivity index (χ2v) is 8.07. The fourth-order valence-electron chi connectivity index (χ4n) is 3.72. The van der Waals surface area contributed by atoms with Crippen molar-refractivity contribution >= 4 is 41.0 Å². The first-order valence-corrected chi connectivity index (χ1v) is 11.6. The van der Waals surface area contributed by atoms with Gasteiger partial charge in [0.05, 0.1) is 0 Å². The molecule has 3 aromatic rings. The van der Waals surface area contributed by atoms with Crippen molar-refractivity contribution in [1.82, 2.24) is 20.2 Å². The molecule has 1 saturated heterocycles. The minimum absolute atomic E-state index is 0.0143. The number of carbonyl (C=O) groups excluding carboxylic acids is 3. The third kappa shape index (κ3) is 7.16. The molecule has 4 rings (SSSR count). The van der Waals surface area contributed by atoms with Crippen LogP contribution in [0.2, 0.25) is 0 Å². The van der Waals surface area contributed by atoms with Crippen LogP contribution < -0.4 is 26.2 Å². The number of hydrogen-bond acceptors (Lipinski definition) is 6. The summed E-state index contributed by atoms with van der Waals surface area (Å²) in [6.45, 7) is 2.71. The van der Waals surface area contributed by atoms with Crippen molar-refractivity contribution in [3.8, 4) is 0 Å². The summed E-state index contributed by atoms with van der Waals surface area (Å²) in [4.78, 5) is 49.3. The zero-order valence-electron chi connectivity index (χ0n) is 19.7. The molecule has 2 heterocycles. The molecule has 1 fully saturated rings. The minimum Gasteiger partial charge on any atom is -0.339 e. The summed E-state index contributed by atoms with van der Waals surface area (Å²) in [5, 5.41) is 10.9. The number of aromatic nitrogens is 2. The normalized spacial score (nSPS) is 13.0. The zero-order chi connectivity index (χ0) is 25.2. The number of carbonyl (C=O) groups is 3. The summed E-state index contributed by atoms with van der Waals surface area (Å²) in [6.07, 6.45) is 3.61. The van der Waals surface area contributed by atoms with E-state index >= 15 is 0 Å². The molecular weight excluding hydrogens is 460 g/mol. The number of piperazine rings is 1. The van der Waals surface area contributed by atoms with Crippen LogP contribution in [0.1, 0.15) is 6.42 Å².